The summed E-state index contributed by atoms with van der Waals surface area (Å²) in [5, 5.41) is 109. The lowest BCUT2D eigenvalue weighted by Crippen LogP contribution is -2.67. The highest BCUT2D eigenvalue weighted by molar-refractivity contribution is 5.27. The number of hydrogen-bond donors (Lipinski definition) is 10. The lowest BCUT2D eigenvalue weighted by Gasteiger charge is -2.64. The third-order valence-electron chi connectivity index (χ3n) is 18.2. The van der Waals surface area contributed by atoms with Crippen LogP contribution in [0.5, 0.6) is 0 Å². The van der Waals surface area contributed by atoms with Crippen LogP contribution < -0.4 is 0 Å². The maximum absolute atomic E-state index is 13.0. The summed E-state index contributed by atoms with van der Waals surface area (Å²) < 4.78 is 50.0. The Kier molecular flexibility index (Phi) is 13.3. The van der Waals surface area contributed by atoms with Crippen molar-refractivity contribution in [1.82, 2.24) is 0 Å². The van der Waals surface area contributed by atoms with E-state index in [0.717, 1.165) is 51.4 Å². The Labute approximate surface area is 374 Å². The van der Waals surface area contributed by atoms with Crippen LogP contribution in [-0.2, 0) is 37.9 Å². The molecule has 8 fully saturated rings. The number of hydrogen-bond acceptors (Lipinski definition) is 18. The molecule has 18 heteroatoms. The molecule has 0 aromatic carbocycles. The molecule has 0 bridgehead atoms. The summed E-state index contributed by atoms with van der Waals surface area (Å²) >= 11 is 0. The highest BCUT2D eigenvalue weighted by Gasteiger charge is 2.74. The molecule has 5 aliphatic heterocycles. The van der Waals surface area contributed by atoms with E-state index >= 15 is 0 Å². The van der Waals surface area contributed by atoms with Crippen molar-refractivity contribution in [3.05, 3.63) is 11.6 Å². The molecule has 5 heterocycles. The quantitative estimate of drug-likeness (QED) is 0.111. The van der Waals surface area contributed by atoms with Crippen molar-refractivity contribution in [1.29, 1.82) is 0 Å². The first-order valence-corrected chi connectivity index (χ1v) is 24.0. The fourth-order valence-corrected chi connectivity index (χ4v) is 14.2. The first-order chi connectivity index (χ1) is 30.3. The summed E-state index contributed by atoms with van der Waals surface area (Å²) in [7, 11) is 0. The predicted molar refractivity (Wildman–Crippen MR) is 220 cm³/mol. The SMILES string of the molecule is C[C@@H]1CC[C@@]2(OC1)OC1CCC3C4CC=C5C[C@@H](O[C@@H]6O[C@H](CO)[C@@H](O)[C@H](O[C@@H]7O[C@H](CO)[C@H](O)[C@H](O)[C@H]7O)[C@H]6O[C@@H]6O[C@@H](C)[C@H](O)[C@@H](O)[C@H]6O)CC[C@]5(C)C4CC[C@]3(C)[C@@]1(O)[C@@H]2C. The van der Waals surface area contributed by atoms with E-state index in [1.807, 2.05) is 0 Å². The summed E-state index contributed by atoms with van der Waals surface area (Å²) in [5.41, 5.74) is -0.221. The van der Waals surface area contributed by atoms with E-state index in [1.54, 1.807) is 0 Å². The van der Waals surface area contributed by atoms with E-state index in [-0.39, 0.29) is 22.9 Å². The molecule has 26 atom stereocenters. The average Bonchev–Trinajstić information content (AvgIpc) is 3.50. The fourth-order valence-electron chi connectivity index (χ4n) is 14.2. The number of fused-ring (bicyclic) bond motifs is 7. The van der Waals surface area contributed by atoms with E-state index < -0.39 is 123 Å². The van der Waals surface area contributed by atoms with Gasteiger partial charge in [0.25, 0.3) is 0 Å². The van der Waals surface area contributed by atoms with Crippen LogP contribution in [0.3, 0.4) is 0 Å². The minimum Gasteiger partial charge on any atom is -0.394 e. The number of rotatable bonds is 8. The summed E-state index contributed by atoms with van der Waals surface area (Å²) in [6.45, 7) is 9.70. The molecule has 0 aromatic heterocycles. The maximum atomic E-state index is 13.0. The first kappa shape index (κ1) is 48.1. The van der Waals surface area contributed by atoms with Gasteiger partial charge < -0.3 is 89.0 Å². The van der Waals surface area contributed by atoms with Gasteiger partial charge in [0.2, 0.25) is 0 Å². The summed E-state index contributed by atoms with van der Waals surface area (Å²) in [6.07, 6.45) is -13.5. The number of ether oxygens (including phenoxy) is 8. The molecule has 1 spiro atoms. The van der Waals surface area contributed by atoms with Gasteiger partial charge in [0.05, 0.1) is 38.1 Å². The molecule has 18 nitrogen and oxygen atoms in total. The van der Waals surface area contributed by atoms with Crippen LogP contribution in [0.4, 0.5) is 0 Å². The third-order valence-corrected chi connectivity index (χ3v) is 18.2. The van der Waals surface area contributed by atoms with Crippen LogP contribution in [0, 0.1) is 40.4 Å². The second-order valence-electron chi connectivity index (χ2n) is 21.5. The van der Waals surface area contributed by atoms with Gasteiger partial charge in [-0.05, 0) is 93.8 Å². The molecule has 64 heavy (non-hydrogen) atoms. The van der Waals surface area contributed by atoms with E-state index in [0.29, 0.717) is 43.1 Å². The summed E-state index contributed by atoms with van der Waals surface area (Å²) in [4.78, 5) is 0. The van der Waals surface area contributed by atoms with Gasteiger partial charge in [-0.3, -0.25) is 0 Å². The van der Waals surface area contributed by atoms with Crippen molar-refractivity contribution in [2.45, 2.75) is 215 Å². The molecule has 5 saturated heterocycles. The molecule has 4 aliphatic carbocycles. The van der Waals surface area contributed by atoms with Gasteiger partial charge in [-0.15, -0.1) is 0 Å². The monoisotopic (exact) mass is 914 g/mol. The van der Waals surface area contributed by atoms with Crippen molar-refractivity contribution in [2.24, 2.45) is 40.4 Å². The predicted octanol–water partition coefficient (Wildman–Crippen LogP) is -0.281. The molecule has 366 valence electrons. The van der Waals surface area contributed by atoms with Crippen molar-refractivity contribution in [3.63, 3.8) is 0 Å². The third kappa shape index (κ3) is 7.52. The van der Waals surface area contributed by atoms with Gasteiger partial charge in [0.1, 0.15) is 72.7 Å². The van der Waals surface area contributed by atoms with E-state index in [1.165, 1.54) is 12.5 Å². The highest BCUT2D eigenvalue weighted by Crippen LogP contribution is 2.70. The smallest absolute Gasteiger partial charge is 0.187 e. The Hall–Kier alpha value is -0.980. The minimum absolute atomic E-state index is 0.139. The minimum atomic E-state index is -1.86. The molecule has 9 rings (SSSR count). The Morgan fingerprint density at radius 2 is 1.31 bits per heavy atom. The van der Waals surface area contributed by atoms with Gasteiger partial charge in [0.15, 0.2) is 24.7 Å². The molecule has 10 N–H and O–H groups in total. The van der Waals surface area contributed by atoms with Crippen molar-refractivity contribution < 1.29 is 89.0 Å². The van der Waals surface area contributed by atoms with Gasteiger partial charge in [-0.1, -0.05) is 39.3 Å². The lowest BCUT2D eigenvalue weighted by molar-refractivity contribution is -0.394. The lowest BCUT2D eigenvalue weighted by atomic mass is 9.41. The maximum Gasteiger partial charge on any atom is 0.187 e. The van der Waals surface area contributed by atoms with Crippen molar-refractivity contribution >= 4 is 0 Å². The van der Waals surface area contributed by atoms with Crippen LogP contribution >= 0.6 is 0 Å². The number of aliphatic hydroxyl groups excluding tert-OH is 9. The Balaban J connectivity index is 0.952. The largest absolute Gasteiger partial charge is 0.394 e. The fraction of sp³-hybridized carbons (Fsp3) is 0.957. The Morgan fingerprint density at radius 3 is 2.00 bits per heavy atom. The standard InChI is InChI=1S/C46H74O18/c1-20-10-15-45(57-19-20)22(3)46(56)30(64-45)9-8-27-25-7-6-23-16-24(11-13-43(23,4)26(25)12-14-44(27,46)5)59-42-39(63-40-36(54)34(52)31(49)21(2)58-40)38(33(51)29(18-48)61-42)62-41-37(55)35(53)32(50)28(17-47)60-41/h6,20-22,24-42,47-56H,7-19H2,1-5H3/t20-,21+,22-,24+,25?,26?,27?,28-,29-,30?,31+,32+,33-,34-,35+,36-,37-,38+,39-,40+,41+,42-,43+,44+,45-,46-/m1/s1. The van der Waals surface area contributed by atoms with Crippen molar-refractivity contribution in [2.75, 3.05) is 19.8 Å². The van der Waals surface area contributed by atoms with E-state index in [2.05, 4.69) is 33.8 Å². The van der Waals surface area contributed by atoms with Crippen LogP contribution in [0.15, 0.2) is 11.6 Å². The van der Waals surface area contributed by atoms with Crippen LogP contribution in [0.2, 0.25) is 0 Å². The average molecular weight is 915 g/mol. The highest BCUT2D eigenvalue weighted by atomic mass is 16.8. The van der Waals surface area contributed by atoms with E-state index in [4.69, 9.17) is 37.9 Å². The number of aliphatic hydroxyl groups is 10. The number of allylic oxidation sites excluding steroid dienone is 1. The van der Waals surface area contributed by atoms with Crippen LogP contribution in [-0.4, -0.2) is 187 Å². The molecule has 0 radical (unpaired) electrons. The van der Waals surface area contributed by atoms with Gasteiger partial charge >= 0.3 is 0 Å². The van der Waals surface area contributed by atoms with Crippen LogP contribution in [0.25, 0.3) is 0 Å². The van der Waals surface area contributed by atoms with Crippen molar-refractivity contribution in [3.8, 4) is 0 Å². The molecule has 3 saturated carbocycles. The molecule has 9 aliphatic rings. The van der Waals surface area contributed by atoms with Gasteiger partial charge in [0, 0.05) is 17.8 Å². The molecule has 4 unspecified atom stereocenters. The summed E-state index contributed by atoms with van der Waals surface area (Å²) in [5.74, 6) is 0.616. The molecular weight excluding hydrogens is 840 g/mol. The molecule has 0 aromatic rings. The van der Waals surface area contributed by atoms with Gasteiger partial charge in [-0.2, -0.15) is 0 Å². The Morgan fingerprint density at radius 1 is 0.656 bits per heavy atom. The topological polar surface area (TPSA) is 276 Å². The second-order valence-corrected chi connectivity index (χ2v) is 21.5. The zero-order valence-electron chi connectivity index (χ0n) is 37.7. The van der Waals surface area contributed by atoms with Gasteiger partial charge in [-0.25, -0.2) is 0 Å². The second kappa shape index (κ2) is 17.8. The van der Waals surface area contributed by atoms with E-state index in [9.17, 15) is 51.1 Å². The zero-order valence-corrected chi connectivity index (χ0v) is 37.7. The van der Waals surface area contributed by atoms with Crippen LogP contribution in [0.1, 0.15) is 98.8 Å². The molecule has 0 amide bonds. The Bertz CT molecular complexity index is 1680. The normalized spacial score (nSPS) is 57.6. The first-order valence-electron chi connectivity index (χ1n) is 24.0. The molecular formula is C46H74O18. The summed E-state index contributed by atoms with van der Waals surface area (Å²) in [6, 6.07) is 0. The zero-order chi connectivity index (χ0) is 45.8.